The molecule has 0 bridgehead atoms. The third-order valence-electron chi connectivity index (χ3n) is 4.42. The van der Waals surface area contributed by atoms with Crippen LogP contribution in [0.2, 0.25) is 0 Å². The Balaban J connectivity index is 2.14. The zero-order chi connectivity index (χ0) is 14.8. The fourth-order valence-electron chi connectivity index (χ4n) is 3.26. The van der Waals surface area contributed by atoms with Gasteiger partial charge in [-0.3, -0.25) is 4.79 Å². The first-order valence-electron chi connectivity index (χ1n) is 7.47. The molecule has 0 aliphatic carbocycles. The summed E-state index contributed by atoms with van der Waals surface area (Å²) in [4.78, 5) is 14.9. The summed E-state index contributed by atoms with van der Waals surface area (Å²) in [5.41, 5.74) is 1.89. The smallest absolute Gasteiger partial charge is 0.232 e. The van der Waals surface area contributed by atoms with Gasteiger partial charge in [0.2, 0.25) is 5.91 Å². The molecule has 1 fully saturated rings. The third kappa shape index (κ3) is 2.88. The van der Waals surface area contributed by atoms with Gasteiger partial charge in [0, 0.05) is 13.1 Å². The monoisotopic (exact) mass is 274 g/mol. The number of aryl methyl sites for hydroxylation is 1. The lowest BCUT2D eigenvalue weighted by atomic mass is 9.81. The average Bonchev–Trinajstić information content (AvgIpc) is 2.87. The molecule has 1 aromatic rings. The van der Waals surface area contributed by atoms with Crippen LogP contribution < -0.4 is 5.32 Å². The van der Waals surface area contributed by atoms with Gasteiger partial charge in [-0.15, -0.1) is 0 Å². The van der Waals surface area contributed by atoms with Crippen molar-refractivity contribution >= 4 is 5.91 Å². The Bertz CT molecular complexity index is 482. The number of amides is 1. The number of rotatable bonds is 4. The standard InChI is InChI=1S/C17H26N2O/c1-13-7-5-6-8-15(13)17(2,3)16(20)19-10-9-14(12-19)11-18-4/h5-8,14,18H,9-12H2,1-4H3. The van der Waals surface area contributed by atoms with Crippen molar-refractivity contribution in [2.75, 3.05) is 26.7 Å². The predicted octanol–water partition coefficient (Wildman–Crippen LogP) is 2.34. The number of hydrogen-bond acceptors (Lipinski definition) is 2. The Morgan fingerprint density at radius 1 is 1.40 bits per heavy atom. The summed E-state index contributed by atoms with van der Waals surface area (Å²) in [6, 6.07) is 8.20. The molecule has 0 saturated carbocycles. The van der Waals surface area contributed by atoms with Crippen LogP contribution in [0.5, 0.6) is 0 Å². The number of carbonyl (C=O) groups excluding carboxylic acids is 1. The average molecular weight is 274 g/mol. The molecule has 3 nitrogen and oxygen atoms in total. The van der Waals surface area contributed by atoms with E-state index in [-0.39, 0.29) is 5.91 Å². The Kier molecular flexibility index (Phi) is 4.48. The Hall–Kier alpha value is -1.35. The van der Waals surface area contributed by atoms with Crippen LogP contribution in [0.3, 0.4) is 0 Å². The molecule has 1 aromatic carbocycles. The second kappa shape index (κ2) is 5.96. The maximum Gasteiger partial charge on any atom is 0.232 e. The van der Waals surface area contributed by atoms with Gasteiger partial charge in [0.1, 0.15) is 0 Å². The summed E-state index contributed by atoms with van der Waals surface area (Å²) < 4.78 is 0. The second-order valence-corrected chi connectivity index (χ2v) is 6.40. The largest absolute Gasteiger partial charge is 0.342 e. The lowest BCUT2D eigenvalue weighted by Gasteiger charge is -2.31. The number of nitrogens with zero attached hydrogens (tertiary/aromatic N) is 1. The van der Waals surface area contributed by atoms with Crippen LogP contribution in [0.25, 0.3) is 0 Å². The van der Waals surface area contributed by atoms with Crippen molar-refractivity contribution in [3.8, 4) is 0 Å². The van der Waals surface area contributed by atoms with E-state index in [1.165, 1.54) is 5.56 Å². The van der Waals surface area contributed by atoms with Crippen molar-refractivity contribution < 1.29 is 4.79 Å². The number of nitrogens with one attached hydrogen (secondary N) is 1. The van der Waals surface area contributed by atoms with Gasteiger partial charge >= 0.3 is 0 Å². The molecule has 3 heteroatoms. The maximum atomic E-state index is 12.9. The number of benzene rings is 1. The van der Waals surface area contributed by atoms with Crippen LogP contribution in [0.4, 0.5) is 0 Å². The molecular weight excluding hydrogens is 248 g/mol. The van der Waals surface area contributed by atoms with Gasteiger partial charge in [0.15, 0.2) is 0 Å². The van der Waals surface area contributed by atoms with Crippen LogP contribution in [0, 0.1) is 12.8 Å². The molecule has 1 aliphatic rings. The van der Waals surface area contributed by atoms with Gasteiger partial charge in [-0.2, -0.15) is 0 Å². The van der Waals surface area contributed by atoms with E-state index in [1.54, 1.807) is 0 Å². The number of likely N-dealkylation sites (tertiary alicyclic amines) is 1. The van der Waals surface area contributed by atoms with Crippen LogP contribution in [-0.4, -0.2) is 37.5 Å². The van der Waals surface area contributed by atoms with E-state index in [0.29, 0.717) is 5.92 Å². The first-order valence-corrected chi connectivity index (χ1v) is 7.47. The third-order valence-corrected chi connectivity index (χ3v) is 4.42. The first-order chi connectivity index (χ1) is 9.46. The minimum absolute atomic E-state index is 0.255. The number of carbonyl (C=O) groups is 1. The van der Waals surface area contributed by atoms with Crippen molar-refractivity contribution in [3.05, 3.63) is 35.4 Å². The molecule has 1 aliphatic heterocycles. The predicted molar refractivity (Wildman–Crippen MR) is 82.8 cm³/mol. The fraction of sp³-hybridized carbons (Fsp3) is 0.588. The molecule has 1 atom stereocenters. The van der Waals surface area contributed by atoms with E-state index < -0.39 is 5.41 Å². The van der Waals surface area contributed by atoms with Crippen molar-refractivity contribution in [1.82, 2.24) is 10.2 Å². The minimum atomic E-state index is -0.445. The van der Waals surface area contributed by atoms with E-state index in [4.69, 9.17) is 0 Å². The molecule has 2 rings (SSSR count). The lowest BCUT2D eigenvalue weighted by molar-refractivity contribution is -0.135. The summed E-state index contributed by atoms with van der Waals surface area (Å²) in [6.07, 6.45) is 1.11. The van der Waals surface area contributed by atoms with Crippen molar-refractivity contribution in [2.24, 2.45) is 5.92 Å². The molecule has 1 N–H and O–H groups in total. The molecule has 0 radical (unpaired) electrons. The molecule has 1 heterocycles. The normalized spacial score (nSPS) is 19.4. The quantitative estimate of drug-likeness (QED) is 0.914. The molecule has 20 heavy (non-hydrogen) atoms. The van der Waals surface area contributed by atoms with Crippen molar-refractivity contribution in [2.45, 2.75) is 32.6 Å². The summed E-state index contributed by atoms with van der Waals surface area (Å²) in [5, 5.41) is 3.21. The summed E-state index contributed by atoms with van der Waals surface area (Å²) in [6.45, 7) is 8.94. The molecule has 110 valence electrons. The summed E-state index contributed by atoms with van der Waals surface area (Å²) >= 11 is 0. The topological polar surface area (TPSA) is 32.3 Å². The summed E-state index contributed by atoms with van der Waals surface area (Å²) in [7, 11) is 1.97. The van der Waals surface area contributed by atoms with E-state index >= 15 is 0 Å². The maximum absolute atomic E-state index is 12.9. The molecule has 0 aromatic heterocycles. The lowest BCUT2D eigenvalue weighted by Crippen LogP contribution is -2.43. The highest BCUT2D eigenvalue weighted by atomic mass is 16.2. The van der Waals surface area contributed by atoms with Crippen molar-refractivity contribution in [3.63, 3.8) is 0 Å². The first kappa shape index (κ1) is 15.0. The van der Waals surface area contributed by atoms with E-state index in [0.717, 1.165) is 31.6 Å². The SMILES string of the molecule is CNCC1CCN(C(=O)C(C)(C)c2ccccc2C)C1. The van der Waals surface area contributed by atoms with Gasteiger partial charge in [-0.05, 0) is 57.8 Å². The fourth-order valence-corrected chi connectivity index (χ4v) is 3.26. The van der Waals surface area contributed by atoms with Gasteiger partial charge in [0.05, 0.1) is 5.41 Å². The number of hydrogen-bond donors (Lipinski definition) is 1. The summed E-state index contributed by atoms with van der Waals surface area (Å²) in [5.74, 6) is 0.849. The van der Waals surface area contributed by atoms with E-state index in [2.05, 4.69) is 24.4 Å². The van der Waals surface area contributed by atoms with Gasteiger partial charge in [-0.25, -0.2) is 0 Å². The Morgan fingerprint density at radius 2 is 2.10 bits per heavy atom. The molecular formula is C17H26N2O. The molecule has 0 spiro atoms. The van der Waals surface area contributed by atoms with Crippen LogP contribution in [-0.2, 0) is 10.2 Å². The van der Waals surface area contributed by atoms with E-state index in [9.17, 15) is 4.79 Å². The van der Waals surface area contributed by atoms with E-state index in [1.807, 2.05) is 37.9 Å². The Labute approximate surface area is 122 Å². The zero-order valence-electron chi connectivity index (χ0n) is 13.1. The highest BCUT2D eigenvalue weighted by molar-refractivity contribution is 5.88. The molecule has 1 unspecified atom stereocenters. The van der Waals surface area contributed by atoms with Crippen LogP contribution >= 0.6 is 0 Å². The second-order valence-electron chi connectivity index (χ2n) is 6.40. The molecule has 1 saturated heterocycles. The van der Waals surface area contributed by atoms with Crippen LogP contribution in [0.1, 0.15) is 31.4 Å². The minimum Gasteiger partial charge on any atom is -0.342 e. The van der Waals surface area contributed by atoms with Crippen molar-refractivity contribution in [1.29, 1.82) is 0 Å². The van der Waals surface area contributed by atoms with Gasteiger partial charge < -0.3 is 10.2 Å². The highest BCUT2D eigenvalue weighted by Crippen LogP contribution is 2.30. The van der Waals surface area contributed by atoms with Crippen LogP contribution in [0.15, 0.2) is 24.3 Å². The molecule has 1 amide bonds. The van der Waals surface area contributed by atoms with Gasteiger partial charge in [-0.1, -0.05) is 24.3 Å². The highest BCUT2D eigenvalue weighted by Gasteiger charge is 2.37. The van der Waals surface area contributed by atoms with Gasteiger partial charge in [0.25, 0.3) is 0 Å². The zero-order valence-corrected chi connectivity index (χ0v) is 13.1. The Morgan fingerprint density at radius 3 is 2.75 bits per heavy atom.